The monoisotopic (exact) mass is 552 g/mol. The molecule has 0 amide bonds. The minimum Gasteiger partial charge on any atom is -0.493 e. The molecule has 1 aromatic heterocycles. The first kappa shape index (κ1) is 25.8. The van der Waals surface area contributed by atoms with E-state index >= 15 is 0 Å². The molecule has 8 heteroatoms. The molecule has 3 aromatic rings. The Morgan fingerprint density at radius 1 is 1.12 bits per heavy atom. The number of aliphatic imine (C=N–C) groups is 1. The van der Waals surface area contributed by atoms with Crippen molar-refractivity contribution in [2.24, 2.45) is 4.99 Å². The maximum absolute atomic E-state index is 10.6. The minimum atomic E-state index is -0.744. The highest BCUT2D eigenvalue weighted by Crippen LogP contribution is 2.30. The van der Waals surface area contributed by atoms with Crippen molar-refractivity contribution in [1.29, 1.82) is 0 Å². The van der Waals surface area contributed by atoms with E-state index < -0.39 is 6.10 Å². The van der Waals surface area contributed by atoms with Gasteiger partial charge in [-0.1, -0.05) is 24.3 Å². The predicted molar refractivity (Wildman–Crippen MR) is 141 cm³/mol. The summed E-state index contributed by atoms with van der Waals surface area (Å²) in [7, 11) is 3.17. The van der Waals surface area contributed by atoms with E-state index in [1.165, 1.54) is 22.0 Å². The van der Waals surface area contributed by atoms with Gasteiger partial charge in [-0.25, -0.2) is 0 Å². The third-order valence-electron chi connectivity index (χ3n) is 5.26. The lowest BCUT2D eigenvalue weighted by Gasteiger charge is -2.15. The van der Waals surface area contributed by atoms with E-state index in [1.54, 1.807) is 26.4 Å². The van der Waals surface area contributed by atoms with Gasteiger partial charge in [0.05, 0.1) is 26.9 Å². The number of halogens is 1. The Labute approximate surface area is 206 Å². The standard InChI is InChI=1S/C24H32N4O3.HI/c1-5-25-24(26-12-11-18-14-27-23-16(2)7-6-8-19(18)23)28-15-20(29)17-9-10-21(30-3)22(13-17)31-4;/h6-10,13-14,20,27,29H,5,11-12,15H2,1-4H3,(H2,25,26,28);1H. The summed E-state index contributed by atoms with van der Waals surface area (Å²) in [4.78, 5) is 7.92. The molecule has 0 bridgehead atoms. The molecule has 32 heavy (non-hydrogen) atoms. The number of methoxy groups -OCH3 is 2. The number of para-hydroxylation sites is 1. The van der Waals surface area contributed by atoms with Crippen molar-refractivity contribution in [2.75, 3.05) is 33.9 Å². The van der Waals surface area contributed by atoms with Crippen molar-refractivity contribution in [1.82, 2.24) is 15.6 Å². The number of aliphatic hydroxyl groups excluding tert-OH is 1. The van der Waals surface area contributed by atoms with E-state index in [2.05, 4.69) is 51.9 Å². The van der Waals surface area contributed by atoms with Gasteiger partial charge in [-0.05, 0) is 49.1 Å². The van der Waals surface area contributed by atoms with Crippen LogP contribution in [0.2, 0.25) is 0 Å². The number of aliphatic hydroxyl groups is 1. The van der Waals surface area contributed by atoms with Gasteiger partial charge in [0, 0.05) is 30.2 Å². The summed E-state index contributed by atoms with van der Waals surface area (Å²) in [6.07, 6.45) is 2.20. The Balaban J connectivity index is 0.00000363. The molecule has 0 saturated carbocycles. The molecule has 174 valence electrons. The molecule has 0 radical (unpaired) electrons. The number of guanidine groups is 1. The van der Waals surface area contributed by atoms with Crippen molar-refractivity contribution in [3.8, 4) is 11.5 Å². The van der Waals surface area contributed by atoms with E-state index in [-0.39, 0.29) is 30.5 Å². The smallest absolute Gasteiger partial charge is 0.191 e. The molecule has 0 saturated heterocycles. The summed E-state index contributed by atoms with van der Waals surface area (Å²) in [6, 6.07) is 11.7. The number of hydrogen-bond donors (Lipinski definition) is 4. The number of H-pyrrole nitrogens is 1. The molecule has 7 nitrogen and oxygen atoms in total. The lowest BCUT2D eigenvalue weighted by molar-refractivity contribution is 0.186. The summed E-state index contributed by atoms with van der Waals surface area (Å²) < 4.78 is 10.6. The van der Waals surface area contributed by atoms with Gasteiger partial charge in [-0.2, -0.15) is 0 Å². The third-order valence-corrected chi connectivity index (χ3v) is 5.26. The van der Waals surface area contributed by atoms with E-state index in [4.69, 9.17) is 9.47 Å². The quantitative estimate of drug-likeness (QED) is 0.184. The van der Waals surface area contributed by atoms with Crippen molar-refractivity contribution >= 4 is 40.8 Å². The Morgan fingerprint density at radius 3 is 2.62 bits per heavy atom. The third kappa shape index (κ3) is 6.29. The van der Waals surface area contributed by atoms with E-state index in [9.17, 15) is 5.11 Å². The number of nitrogens with zero attached hydrogens (tertiary/aromatic N) is 1. The van der Waals surface area contributed by atoms with Crippen LogP contribution in [-0.2, 0) is 6.42 Å². The Hall–Kier alpha value is -2.46. The highest BCUT2D eigenvalue weighted by molar-refractivity contribution is 14.0. The molecule has 1 heterocycles. The van der Waals surface area contributed by atoms with Crippen LogP contribution in [0.3, 0.4) is 0 Å². The largest absolute Gasteiger partial charge is 0.493 e. The molecule has 1 atom stereocenters. The number of aryl methyl sites for hydroxylation is 1. The van der Waals surface area contributed by atoms with Gasteiger partial charge in [0.25, 0.3) is 0 Å². The number of aromatic amines is 1. The van der Waals surface area contributed by atoms with Gasteiger partial charge in [0.1, 0.15) is 0 Å². The fourth-order valence-electron chi connectivity index (χ4n) is 3.57. The van der Waals surface area contributed by atoms with Crippen molar-refractivity contribution < 1.29 is 14.6 Å². The molecular formula is C24H33IN4O3. The summed E-state index contributed by atoms with van der Waals surface area (Å²) in [5.74, 6) is 1.89. The van der Waals surface area contributed by atoms with Crippen molar-refractivity contribution in [3.63, 3.8) is 0 Å². The molecule has 0 spiro atoms. The highest BCUT2D eigenvalue weighted by atomic mass is 127. The summed E-state index contributed by atoms with van der Waals surface area (Å²) >= 11 is 0. The van der Waals surface area contributed by atoms with Crippen LogP contribution in [0.25, 0.3) is 10.9 Å². The zero-order valence-corrected chi connectivity index (χ0v) is 21.4. The first-order valence-electron chi connectivity index (χ1n) is 10.5. The average molecular weight is 552 g/mol. The Bertz CT molecular complexity index is 1040. The summed E-state index contributed by atoms with van der Waals surface area (Å²) in [5, 5.41) is 18.4. The molecule has 0 aliphatic carbocycles. The van der Waals surface area contributed by atoms with Gasteiger partial charge in [0.2, 0.25) is 0 Å². The first-order chi connectivity index (χ1) is 15.1. The molecule has 3 rings (SSSR count). The summed E-state index contributed by atoms with van der Waals surface area (Å²) in [5.41, 5.74) is 4.44. The maximum atomic E-state index is 10.6. The summed E-state index contributed by atoms with van der Waals surface area (Å²) in [6.45, 7) is 5.84. The van der Waals surface area contributed by atoms with Gasteiger partial charge in [-0.3, -0.25) is 4.99 Å². The van der Waals surface area contributed by atoms with Crippen LogP contribution in [0.15, 0.2) is 47.6 Å². The number of nitrogens with one attached hydrogen (secondary N) is 3. The van der Waals surface area contributed by atoms with Gasteiger partial charge >= 0.3 is 0 Å². The topological polar surface area (TPSA) is 90.9 Å². The van der Waals surface area contributed by atoms with Crippen LogP contribution in [-0.4, -0.2) is 49.9 Å². The molecule has 0 aliphatic rings. The van der Waals surface area contributed by atoms with Crippen molar-refractivity contribution in [2.45, 2.75) is 26.4 Å². The molecule has 0 fully saturated rings. The van der Waals surface area contributed by atoms with E-state index in [1.807, 2.05) is 13.0 Å². The second-order valence-corrected chi connectivity index (χ2v) is 7.34. The Morgan fingerprint density at radius 2 is 1.91 bits per heavy atom. The highest BCUT2D eigenvalue weighted by Gasteiger charge is 2.12. The SMILES string of the molecule is CCNC(=NCC(O)c1ccc(OC)c(OC)c1)NCCc1c[nH]c2c(C)cccc12.I. The maximum Gasteiger partial charge on any atom is 0.191 e. The van der Waals surface area contributed by atoms with E-state index in [0.717, 1.165) is 25.1 Å². The number of benzene rings is 2. The zero-order chi connectivity index (χ0) is 22.2. The van der Waals surface area contributed by atoms with E-state index in [0.29, 0.717) is 17.5 Å². The van der Waals surface area contributed by atoms with Crippen LogP contribution < -0.4 is 20.1 Å². The molecule has 0 aliphatic heterocycles. The lowest BCUT2D eigenvalue weighted by atomic mass is 10.1. The normalized spacial score (nSPS) is 12.2. The second-order valence-electron chi connectivity index (χ2n) is 7.34. The number of fused-ring (bicyclic) bond motifs is 1. The van der Waals surface area contributed by atoms with Gasteiger partial charge < -0.3 is 30.2 Å². The molecule has 1 unspecified atom stereocenters. The molecular weight excluding hydrogens is 519 g/mol. The van der Waals surface area contributed by atoms with Crippen LogP contribution in [0.1, 0.15) is 29.7 Å². The first-order valence-corrected chi connectivity index (χ1v) is 10.5. The van der Waals surface area contributed by atoms with Gasteiger partial charge in [0.15, 0.2) is 17.5 Å². The van der Waals surface area contributed by atoms with Crippen molar-refractivity contribution in [3.05, 3.63) is 59.3 Å². The fourth-order valence-corrected chi connectivity index (χ4v) is 3.57. The Kier molecular flexibility index (Phi) is 10.1. The average Bonchev–Trinajstić information content (AvgIpc) is 3.21. The second kappa shape index (κ2) is 12.5. The fraction of sp³-hybridized carbons (Fsp3) is 0.375. The minimum absolute atomic E-state index is 0. The van der Waals surface area contributed by atoms with Crippen LogP contribution in [0.4, 0.5) is 0 Å². The van der Waals surface area contributed by atoms with Crippen LogP contribution in [0.5, 0.6) is 11.5 Å². The zero-order valence-electron chi connectivity index (χ0n) is 19.1. The van der Waals surface area contributed by atoms with Gasteiger partial charge in [-0.15, -0.1) is 24.0 Å². The van der Waals surface area contributed by atoms with Crippen LogP contribution >= 0.6 is 24.0 Å². The van der Waals surface area contributed by atoms with Crippen LogP contribution in [0, 0.1) is 6.92 Å². The lowest BCUT2D eigenvalue weighted by Crippen LogP contribution is -2.38. The molecule has 2 aromatic carbocycles. The molecule has 4 N–H and O–H groups in total. The number of aromatic nitrogens is 1. The predicted octanol–water partition coefficient (Wildman–Crippen LogP) is 3.94. The number of hydrogen-bond acceptors (Lipinski definition) is 4. The number of ether oxygens (including phenoxy) is 2. The number of rotatable bonds is 9.